The molecule has 0 aliphatic carbocycles. The van der Waals surface area contributed by atoms with E-state index in [9.17, 15) is 4.79 Å². The van der Waals surface area contributed by atoms with Crippen molar-refractivity contribution < 1.29 is 9.32 Å². The Balaban J connectivity index is 2.57. The maximum Gasteiger partial charge on any atom is 0.273 e. The number of carbonyl (C=O) groups excluding carboxylic acids is 1. The SMILES string of the molecule is CC(C)(CCBr)NC(=O)c1ccon1. The van der Waals surface area contributed by atoms with Crippen molar-refractivity contribution in [1.29, 1.82) is 0 Å². The van der Waals surface area contributed by atoms with Crippen LogP contribution in [0, 0.1) is 0 Å². The van der Waals surface area contributed by atoms with Gasteiger partial charge >= 0.3 is 0 Å². The second-order valence-corrected chi connectivity index (χ2v) is 4.45. The molecular formula is C9H13BrN2O2. The predicted molar refractivity (Wildman–Crippen MR) is 56.5 cm³/mol. The van der Waals surface area contributed by atoms with Gasteiger partial charge in [0.05, 0.1) is 0 Å². The number of nitrogens with zero attached hydrogens (tertiary/aromatic N) is 1. The summed E-state index contributed by atoms with van der Waals surface area (Å²) in [6, 6.07) is 1.54. The van der Waals surface area contributed by atoms with Crippen LogP contribution in [0.3, 0.4) is 0 Å². The van der Waals surface area contributed by atoms with Gasteiger partial charge in [-0.15, -0.1) is 0 Å². The molecule has 0 bridgehead atoms. The van der Waals surface area contributed by atoms with Gasteiger partial charge in [-0.3, -0.25) is 4.79 Å². The largest absolute Gasteiger partial charge is 0.364 e. The minimum absolute atomic E-state index is 0.204. The summed E-state index contributed by atoms with van der Waals surface area (Å²) in [6.07, 6.45) is 2.24. The highest BCUT2D eigenvalue weighted by Crippen LogP contribution is 2.11. The van der Waals surface area contributed by atoms with E-state index in [1.165, 1.54) is 6.26 Å². The maximum absolute atomic E-state index is 11.5. The summed E-state index contributed by atoms with van der Waals surface area (Å²) in [4.78, 5) is 11.5. The zero-order valence-electron chi connectivity index (χ0n) is 8.21. The predicted octanol–water partition coefficient (Wildman–Crippen LogP) is 1.97. The van der Waals surface area contributed by atoms with Gasteiger partial charge in [0.2, 0.25) is 0 Å². The van der Waals surface area contributed by atoms with Gasteiger partial charge in [-0.1, -0.05) is 21.1 Å². The third-order valence-corrected chi connectivity index (χ3v) is 2.24. The number of hydrogen-bond acceptors (Lipinski definition) is 3. The summed E-state index contributed by atoms with van der Waals surface area (Å²) in [5.41, 5.74) is 0.0761. The lowest BCUT2D eigenvalue weighted by Gasteiger charge is -2.24. The second-order valence-electron chi connectivity index (χ2n) is 3.66. The molecule has 14 heavy (non-hydrogen) atoms. The molecule has 0 radical (unpaired) electrons. The normalized spacial score (nSPS) is 11.4. The molecule has 1 N–H and O–H groups in total. The quantitative estimate of drug-likeness (QED) is 0.843. The van der Waals surface area contributed by atoms with Gasteiger partial charge in [0.15, 0.2) is 5.69 Å². The Hall–Kier alpha value is -0.840. The average molecular weight is 261 g/mol. The molecule has 0 aliphatic rings. The van der Waals surface area contributed by atoms with Gasteiger partial charge < -0.3 is 9.84 Å². The highest BCUT2D eigenvalue weighted by Gasteiger charge is 2.21. The van der Waals surface area contributed by atoms with E-state index in [0.29, 0.717) is 5.69 Å². The lowest BCUT2D eigenvalue weighted by atomic mass is 10.0. The monoisotopic (exact) mass is 260 g/mol. The highest BCUT2D eigenvalue weighted by molar-refractivity contribution is 9.09. The number of halogens is 1. The van der Waals surface area contributed by atoms with Crippen molar-refractivity contribution in [2.24, 2.45) is 0 Å². The average Bonchev–Trinajstić information content (AvgIpc) is 2.53. The second kappa shape index (κ2) is 4.59. The van der Waals surface area contributed by atoms with Crippen LogP contribution in [0.2, 0.25) is 0 Å². The molecule has 1 aromatic heterocycles. The summed E-state index contributed by atoms with van der Waals surface area (Å²) < 4.78 is 4.59. The fraction of sp³-hybridized carbons (Fsp3) is 0.556. The van der Waals surface area contributed by atoms with Crippen molar-refractivity contribution >= 4 is 21.8 Å². The Bertz CT molecular complexity index is 296. The number of rotatable bonds is 4. The Labute approximate surface area is 91.2 Å². The van der Waals surface area contributed by atoms with Crippen molar-refractivity contribution in [3.8, 4) is 0 Å². The smallest absolute Gasteiger partial charge is 0.273 e. The van der Waals surface area contributed by atoms with Crippen LogP contribution in [0.5, 0.6) is 0 Å². The molecule has 1 amide bonds. The zero-order chi connectivity index (χ0) is 10.6. The Morgan fingerprint density at radius 1 is 1.71 bits per heavy atom. The molecule has 0 unspecified atom stereocenters. The number of hydrogen-bond donors (Lipinski definition) is 1. The molecule has 0 aliphatic heterocycles. The third-order valence-electron chi connectivity index (χ3n) is 1.84. The fourth-order valence-corrected chi connectivity index (χ4v) is 1.99. The summed E-state index contributed by atoms with van der Waals surface area (Å²) in [6.45, 7) is 3.93. The molecule has 4 nitrogen and oxygen atoms in total. The van der Waals surface area contributed by atoms with Crippen molar-refractivity contribution in [3.63, 3.8) is 0 Å². The standard InChI is InChI=1S/C9H13BrN2O2/c1-9(2,4-5-10)11-8(13)7-3-6-14-12-7/h3,6H,4-5H2,1-2H3,(H,11,13). The minimum atomic E-state index is -0.237. The molecule has 0 fully saturated rings. The molecule has 0 atom stereocenters. The van der Waals surface area contributed by atoms with E-state index in [1.54, 1.807) is 6.07 Å². The molecule has 78 valence electrons. The van der Waals surface area contributed by atoms with Crippen molar-refractivity contribution in [3.05, 3.63) is 18.0 Å². The van der Waals surface area contributed by atoms with E-state index >= 15 is 0 Å². The maximum atomic E-state index is 11.5. The first-order valence-corrected chi connectivity index (χ1v) is 5.46. The first-order valence-electron chi connectivity index (χ1n) is 4.34. The lowest BCUT2D eigenvalue weighted by Crippen LogP contribution is -2.43. The molecule has 5 heteroatoms. The van der Waals surface area contributed by atoms with Crippen molar-refractivity contribution in [2.45, 2.75) is 25.8 Å². The minimum Gasteiger partial charge on any atom is -0.364 e. The molecule has 1 aromatic rings. The number of amides is 1. The molecule has 1 rings (SSSR count). The van der Waals surface area contributed by atoms with Crippen LogP contribution in [0.25, 0.3) is 0 Å². The van der Waals surface area contributed by atoms with Crippen LogP contribution in [-0.2, 0) is 0 Å². The van der Waals surface area contributed by atoms with Gasteiger partial charge in [-0.2, -0.15) is 0 Å². The Kier molecular flexibility index (Phi) is 3.69. The summed E-state index contributed by atoms with van der Waals surface area (Å²) in [5, 5.41) is 7.28. The molecule has 1 heterocycles. The fourth-order valence-electron chi connectivity index (χ4n) is 1.000. The van der Waals surface area contributed by atoms with E-state index in [1.807, 2.05) is 13.8 Å². The van der Waals surface area contributed by atoms with Crippen LogP contribution in [0.4, 0.5) is 0 Å². The molecule has 0 saturated heterocycles. The van der Waals surface area contributed by atoms with E-state index in [0.717, 1.165) is 11.8 Å². The Morgan fingerprint density at radius 3 is 2.93 bits per heavy atom. The number of carbonyl (C=O) groups is 1. The van der Waals surface area contributed by atoms with Gasteiger partial charge in [-0.05, 0) is 20.3 Å². The molecule has 0 aromatic carbocycles. The van der Waals surface area contributed by atoms with Crippen molar-refractivity contribution in [1.82, 2.24) is 10.5 Å². The topological polar surface area (TPSA) is 55.1 Å². The lowest BCUT2D eigenvalue weighted by molar-refractivity contribution is 0.0902. The Morgan fingerprint density at radius 2 is 2.43 bits per heavy atom. The highest BCUT2D eigenvalue weighted by atomic mass is 79.9. The first kappa shape index (κ1) is 11.2. The van der Waals surface area contributed by atoms with Gasteiger partial charge in [0.25, 0.3) is 5.91 Å². The van der Waals surface area contributed by atoms with Crippen LogP contribution in [-0.4, -0.2) is 21.9 Å². The van der Waals surface area contributed by atoms with Crippen LogP contribution < -0.4 is 5.32 Å². The van der Waals surface area contributed by atoms with Gasteiger partial charge in [-0.25, -0.2) is 0 Å². The summed E-state index contributed by atoms with van der Waals surface area (Å²) >= 11 is 3.34. The van der Waals surface area contributed by atoms with Gasteiger partial charge in [0.1, 0.15) is 6.26 Å². The van der Waals surface area contributed by atoms with E-state index in [4.69, 9.17) is 0 Å². The molecular weight excluding hydrogens is 248 g/mol. The number of alkyl halides is 1. The van der Waals surface area contributed by atoms with E-state index in [2.05, 4.69) is 30.9 Å². The third kappa shape index (κ3) is 3.14. The first-order chi connectivity index (χ1) is 6.55. The van der Waals surface area contributed by atoms with Crippen LogP contribution in [0.15, 0.2) is 16.9 Å². The molecule has 0 saturated carbocycles. The number of nitrogens with one attached hydrogen (secondary N) is 1. The van der Waals surface area contributed by atoms with Crippen LogP contribution >= 0.6 is 15.9 Å². The summed E-state index contributed by atoms with van der Waals surface area (Å²) in [5.74, 6) is -0.204. The molecule has 0 spiro atoms. The van der Waals surface area contributed by atoms with E-state index in [-0.39, 0.29) is 11.4 Å². The van der Waals surface area contributed by atoms with Crippen LogP contribution in [0.1, 0.15) is 30.8 Å². The number of aromatic nitrogens is 1. The van der Waals surface area contributed by atoms with Gasteiger partial charge in [0, 0.05) is 16.9 Å². The zero-order valence-corrected chi connectivity index (χ0v) is 9.80. The summed E-state index contributed by atoms with van der Waals surface area (Å²) in [7, 11) is 0. The van der Waals surface area contributed by atoms with Crippen molar-refractivity contribution in [2.75, 3.05) is 5.33 Å². The van der Waals surface area contributed by atoms with E-state index < -0.39 is 0 Å².